The van der Waals surface area contributed by atoms with Gasteiger partial charge in [0, 0.05) is 25.6 Å². The fourth-order valence-corrected chi connectivity index (χ4v) is 5.40. The van der Waals surface area contributed by atoms with E-state index in [1.165, 1.54) is 0 Å². The number of benzene rings is 2. The Labute approximate surface area is 216 Å². The summed E-state index contributed by atoms with van der Waals surface area (Å²) in [5.74, 6) is 0.677. The Kier molecular flexibility index (Phi) is 8.74. The molecule has 2 saturated heterocycles. The predicted molar refractivity (Wildman–Crippen MR) is 137 cm³/mol. The molecule has 0 saturated carbocycles. The molecule has 6 nitrogen and oxygen atoms in total. The smallest absolute Gasteiger partial charge is 0.229 e. The number of carbonyl (C=O) groups excluding carboxylic acids is 2. The number of primary amides is 1. The summed E-state index contributed by atoms with van der Waals surface area (Å²) in [4.78, 5) is 29.4. The van der Waals surface area contributed by atoms with Crippen LogP contribution in [-0.2, 0) is 16.1 Å². The topological polar surface area (TPSA) is 75.9 Å². The van der Waals surface area contributed by atoms with Gasteiger partial charge in [-0.1, -0.05) is 41.4 Å². The molecule has 184 valence electrons. The number of methoxy groups -OCH3 is 1. The molecule has 1 spiro atoms. The van der Waals surface area contributed by atoms with E-state index in [1.807, 2.05) is 35.2 Å². The summed E-state index contributed by atoms with van der Waals surface area (Å²) in [6, 6.07) is 13.1. The van der Waals surface area contributed by atoms with Gasteiger partial charge in [0.2, 0.25) is 11.8 Å². The summed E-state index contributed by atoms with van der Waals surface area (Å²) in [5.41, 5.74) is 7.25. The second-order valence-electron chi connectivity index (χ2n) is 9.00. The van der Waals surface area contributed by atoms with Gasteiger partial charge in [-0.3, -0.25) is 14.5 Å². The van der Waals surface area contributed by atoms with E-state index in [2.05, 4.69) is 4.90 Å². The number of nitrogens with two attached hydrogens (primary N) is 1. The Morgan fingerprint density at radius 3 is 2.29 bits per heavy atom. The van der Waals surface area contributed by atoms with E-state index in [0.717, 1.165) is 55.8 Å². The molecule has 34 heavy (non-hydrogen) atoms. The highest BCUT2D eigenvalue weighted by atomic mass is 35.5. The Morgan fingerprint density at radius 1 is 1.06 bits per heavy atom. The normalized spacial score (nSPS) is 18.6. The van der Waals surface area contributed by atoms with Gasteiger partial charge in [-0.15, -0.1) is 12.4 Å². The zero-order valence-corrected chi connectivity index (χ0v) is 21.5. The molecule has 2 fully saturated rings. The predicted octanol–water partition coefficient (Wildman–Crippen LogP) is 4.86. The van der Waals surface area contributed by atoms with Crippen LogP contribution in [0.3, 0.4) is 0 Å². The van der Waals surface area contributed by atoms with Crippen LogP contribution >= 0.6 is 35.6 Å². The third kappa shape index (κ3) is 5.62. The number of nitrogens with zero attached hydrogens (tertiary/aromatic N) is 2. The highest BCUT2D eigenvalue weighted by Crippen LogP contribution is 2.44. The molecule has 0 aromatic heterocycles. The number of carbonyl (C=O) groups is 2. The molecular formula is C25H30Cl3N3O3. The van der Waals surface area contributed by atoms with E-state index < -0.39 is 0 Å². The van der Waals surface area contributed by atoms with E-state index in [9.17, 15) is 9.59 Å². The van der Waals surface area contributed by atoms with Crippen LogP contribution in [0, 0.1) is 5.41 Å². The quantitative estimate of drug-likeness (QED) is 0.559. The Bertz CT molecular complexity index is 1020. The van der Waals surface area contributed by atoms with Crippen molar-refractivity contribution in [1.82, 2.24) is 9.80 Å². The maximum atomic E-state index is 13.4. The summed E-state index contributed by atoms with van der Waals surface area (Å²) in [6.45, 7) is 2.82. The minimum atomic E-state index is -0.367. The van der Waals surface area contributed by atoms with Crippen LogP contribution < -0.4 is 10.5 Å². The largest absolute Gasteiger partial charge is 0.497 e. The number of ether oxygens (including phenoxy) is 1. The van der Waals surface area contributed by atoms with Crippen molar-refractivity contribution in [1.29, 1.82) is 0 Å². The molecule has 4 rings (SSSR count). The molecule has 2 heterocycles. The molecule has 0 radical (unpaired) electrons. The zero-order chi connectivity index (χ0) is 23.6. The number of piperidine rings is 1. The Morgan fingerprint density at radius 2 is 1.71 bits per heavy atom. The summed E-state index contributed by atoms with van der Waals surface area (Å²) >= 11 is 12.3. The van der Waals surface area contributed by atoms with Crippen molar-refractivity contribution < 1.29 is 14.3 Å². The first-order chi connectivity index (χ1) is 15.8. The number of rotatable bonds is 7. The number of likely N-dealkylation sites (tertiary alicyclic amines) is 2. The zero-order valence-electron chi connectivity index (χ0n) is 19.1. The van der Waals surface area contributed by atoms with Crippen molar-refractivity contribution in [2.24, 2.45) is 11.1 Å². The summed E-state index contributed by atoms with van der Waals surface area (Å²) < 4.78 is 5.22. The first kappa shape index (κ1) is 26.6. The molecule has 2 aromatic carbocycles. The van der Waals surface area contributed by atoms with Crippen molar-refractivity contribution in [2.75, 3.05) is 26.7 Å². The monoisotopic (exact) mass is 525 g/mol. The van der Waals surface area contributed by atoms with Crippen molar-refractivity contribution in [2.45, 2.75) is 38.3 Å². The van der Waals surface area contributed by atoms with Crippen LogP contribution in [0.4, 0.5) is 0 Å². The summed E-state index contributed by atoms with van der Waals surface area (Å²) in [7, 11) is 1.64. The van der Waals surface area contributed by atoms with Gasteiger partial charge in [0.15, 0.2) is 0 Å². The fraction of sp³-hybridized carbons (Fsp3) is 0.440. The minimum Gasteiger partial charge on any atom is -0.497 e. The lowest BCUT2D eigenvalue weighted by Gasteiger charge is -2.41. The van der Waals surface area contributed by atoms with Crippen LogP contribution in [0.25, 0.3) is 0 Å². The standard InChI is InChI=1S/C25H29Cl2N3O3.ClH/c1-33-19-5-2-17(3-6-19)16-30-13-10-25(24(30)32)8-11-29(12-9-25)22(15-23(28)31)18-4-7-20(26)21(27)14-18;/h2-7,14,22H,8-13,15-16H2,1H3,(H2,28,31);1H. The maximum Gasteiger partial charge on any atom is 0.229 e. The number of halogens is 3. The molecule has 0 bridgehead atoms. The summed E-state index contributed by atoms with van der Waals surface area (Å²) in [5, 5.41) is 0.932. The van der Waals surface area contributed by atoms with E-state index in [-0.39, 0.29) is 42.1 Å². The SMILES string of the molecule is COc1ccc(CN2CCC3(CCN(C(CC(N)=O)c4ccc(Cl)c(Cl)c4)CC3)C2=O)cc1.Cl. The van der Waals surface area contributed by atoms with Crippen LogP contribution in [0.1, 0.15) is 42.9 Å². The van der Waals surface area contributed by atoms with Crippen LogP contribution in [0.2, 0.25) is 10.0 Å². The Hall–Kier alpha value is -1.99. The highest BCUT2D eigenvalue weighted by Gasteiger charge is 2.48. The second-order valence-corrected chi connectivity index (χ2v) is 9.82. The Balaban J connectivity index is 0.00000324. The van der Waals surface area contributed by atoms with Gasteiger partial charge in [0.25, 0.3) is 0 Å². The molecular weight excluding hydrogens is 497 g/mol. The second kappa shape index (κ2) is 11.2. The van der Waals surface area contributed by atoms with Gasteiger partial charge >= 0.3 is 0 Å². The van der Waals surface area contributed by atoms with Gasteiger partial charge in [-0.05, 0) is 67.7 Å². The van der Waals surface area contributed by atoms with Crippen LogP contribution in [0.5, 0.6) is 5.75 Å². The summed E-state index contributed by atoms with van der Waals surface area (Å²) in [6.07, 6.45) is 2.59. The fourth-order valence-electron chi connectivity index (χ4n) is 5.09. The van der Waals surface area contributed by atoms with E-state index in [0.29, 0.717) is 16.6 Å². The lowest BCUT2D eigenvalue weighted by Crippen LogP contribution is -2.46. The lowest BCUT2D eigenvalue weighted by atomic mass is 9.76. The molecule has 0 aliphatic carbocycles. The molecule has 2 aromatic rings. The van der Waals surface area contributed by atoms with E-state index in [4.69, 9.17) is 33.7 Å². The van der Waals surface area contributed by atoms with E-state index >= 15 is 0 Å². The van der Waals surface area contributed by atoms with Gasteiger partial charge in [-0.2, -0.15) is 0 Å². The molecule has 2 aliphatic heterocycles. The molecule has 2 amide bonds. The van der Waals surface area contributed by atoms with E-state index in [1.54, 1.807) is 19.2 Å². The van der Waals surface area contributed by atoms with Crippen LogP contribution in [0.15, 0.2) is 42.5 Å². The van der Waals surface area contributed by atoms with Gasteiger partial charge < -0.3 is 15.4 Å². The van der Waals surface area contributed by atoms with Crippen LogP contribution in [-0.4, -0.2) is 48.4 Å². The van der Waals surface area contributed by atoms with Crippen molar-refractivity contribution in [3.05, 3.63) is 63.6 Å². The van der Waals surface area contributed by atoms with Gasteiger partial charge in [0.05, 0.1) is 22.6 Å². The molecule has 2 aliphatic rings. The first-order valence-corrected chi connectivity index (χ1v) is 12.0. The van der Waals surface area contributed by atoms with Crippen molar-refractivity contribution in [3.63, 3.8) is 0 Å². The third-order valence-electron chi connectivity index (χ3n) is 7.05. The minimum absolute atomic E-state index is 0. The maximum absolute atomic E-state index is 13.4. The lowest BCUT2D eigenvalue weighted by molar-refractivity contribution is -0.139. The average Bonchev–Trinajstić information content (AvgIpc) is 3.10. The van der Waals surface area contributed by atoms with Crippen molar-refractivity contribution in [3.8, 4) is 5.75 Å². The molecule has 2 N–H and O–H groups in total. The average molecular weight is 527 g/mol. The first-order valence-electron chi connectivity index (χ1n) is 11.2. The van der Waals surface area contributed by atoms with Crippen molar-refractivity contribution >= 4 is 47.4 Å². The number of hydrogen-bond acceptors (Lipinski definition) is 4. The molecule has 1 atom stereocenters. The van der Waals surface area contributed by atoms with Gasteiger partial charge in [0.1, 0.15) is 5.75 Å². The molecule has 9 heteroatoms. The number of amides is 2. The highest BCUT2D eigenvalue weighted by molar-refractivity contribution is 6.42. The van der Waals surface area contributed by atoms with Gasteiger partial charge in [-0.25, -0.2) is 0 Å². The third-order valence-corrected chi connectivity index (χ3v) is 7.79. The number of hydrogen-bond donors (Lipinski definition) is 1. The molecule has 1 unspecified atom stereocenters.